The van der Waals surface area contributed by atoms with Gasteiger partial charge in [-0.15, -0.1) is 0 Å². The van der Waals surface area contributed by atoms with E-state index in [-0.39, 0.29) is 0 Å². The van der Waals surface area contributed by atoms with Crippen LogP contribution in [-0.4, -0.2) is 474 Å². The van der Waals surface area contributed by atoms with Gasteiger partial charge < -0.3 is 224 Å². The molecule has 0 radical (unpaired) electrons. The molecule has 0 aromatic heterocycles. The van der Waals surface area contributed by atoms with Gasteiger partial charge in [-0.25, -0.2) is 0 Å². The zero-order chi connectivity index (χ0) is 77.2. The minimum Gasteiger partial charge on any atom is -0.394 e. The van der Waals surface area contributed by atoms with E-state index in [0.29, 0.717) is 0 Å². The largest absolute Gasteiger partial charge is 0.394 e. The molecular formula is C58H98N2O45. The summed E-state index contributed by atoms with van der Waals surface area (Å²) in [6.07, 6.45) is -87.8. The number of amides is 2. The van der Waals surface area contributed by atoms with Crippen molar-refractivity contribution in [3.8, 4) is 0 Å². The van der Waals surface area contributed by atoms with E-state index < -0.39 is 341 Å². The SMILES string of the molecule is CC(=O)N[C@@H]1[C@@H](O)[C@H](O[C@@H]2O[C@H](CO)[C@@H](O[C@@H]3O[C@H](CO[C@H]4O[C@H](CO[C@H]5O[C@H](CO)[C@@H](O)[C@H](O)[C@@H]5O)[C@@H](O)[C@H](O[C@H]5O[C@H](CO)[C@@H](O)[C@H](O)[C@@H]5O)[C@@H]4O)[C@@H](O)[C@H](O[C@H]4O[C@H](CO)[C@@H](O)[C@H](O)[C@@H]4O[C@H]4O[C@H](CO)[C@@H](O)[C@H](O)[C@@H]4O)[C@@H]3O)[C@H](O)[C@H]2NC(C)=O)[C@@H](CO[C@@H]2O[C@@H](C)[C@@H](O)[C@@H](O)[C@@H]2O)O[C@H]1O. The second kappa shape index (κ2) is 37.2. The minimum absolute atomic E-state index is 0.824. The van der Waals surface area contributed by atoms with Gasteiger partial charge in [-0.2, -0.15) is 0 Å². The Morgan fingerprint density at radius 3 is 1.05 bits per heavy atom. The molecule has 0 spiro atoms. The lowest BCUT2D eigenvalue weighted by atomic mass is 9.93. The smallest absolute Gasteiger partial charge is 0.217 e. The number of hydrogen-bond acceptors (Lipinski definition) is 45. The maximum Gasteiger partial charge on any atom is 0.217 e. The zero-order valence-corrected chi connectivity index (χ0v) is 56.0. The summed E-state index contributed by atoms with van der Waals surface area (Å²) in [7, 11) is 0. The molecule has 9 heterocycles. The van der Waals surface area contributed by atoms with Gasteiger partial charge in [0.15, 0.2) is 56.6 Å². The van der Waals surface area contributed by atoms with Crippen LogP contribution in [0.25, 0.3) is 0 Å². The highest BCUT2D eigenvalue weighted by Gasteiger charge is 2.60. The Kier molecular flexibility index (Phi) is 30.6. The summed E-state index contributed by atoms with van der Waals surface area (Å²) < 4.78 is 98.8. The van der Waals surface area contributed by atoms with Crippen LogP contribution in [0.3, 0.4) is 0 Å². The summed E-state index contributed by atoms with van der Waals surface area (Å²) in [6.45, 7) is -5.05. The van der Waals surface area contributed by atoms with E-state index in [9.17, 15) is 142 Å². The quantitative estimate of drug-likeness (QED) is 0.0382. The van der Waals surface area contributed by atoms with E-state index >= 15 is 0 Å². The second-order valence-electron chi connectivity index (χ2n) is 26.8. The molecule has 47 heteroatoms. The molecule has 9 rings (SSSR count). The summed E-state index contributed by atoms with van der Waals surface area (Å²) in [5, 5.41) is 290. The molecule has 2 amide bonds. The van der Waals surface area contributed by atoms with Crippen molar-refractivity contribution in [2.24, 2.45) is 0 Å². The van der Waals surface area contributed by atoms with Gasteiger partial charge in [0.1, 0.15) is 214 Å². The molecule has 28 N–H and O–H groups in total. The van der Waals surface area contributed by atoms with Crippen molar-refractivity contribution in [1.29, 1.82) is 0 Å². The molecule has 9 saturated heterocycles. The van der Waals surface area contributed by atoms with Gasteiger partial charge in [-0.05, 0) is 6.92 Å². The first-order chi connectivity index (χ1) is 49.6. The van der Waals surface area contributed by atoms with Crippen LogP contribution in [0.15, 0.2) is 0 Å². The molecule has 0 aromatic carbocycles. The van der Waals surface area contributed by atoms with Crippen LogP contribution in [0, 0.1) is 0 Å². The molecule has 0 aliphatic carbocycles. The Hall–Kier alpha value is -2.78. The van der Waals surface area contributed by atoms with E-state index in [1.807, 2.05) is 0 Å². The summed E-state index contributed by atoms with van der Waals surface area (Å²) in [5.74, 6) is -1.79. The highest BCUT2D eigenvalue weighted by molar-refractivity contribution is 5.73. The number of nitrogens with one attached hydrogen (secondary N) is 2. The van der Waals surface area contributed by atoms with Crippen molar-refractivity contribution in [1.82, 2.24) is 10.6 Å². The molecule has 105 heavy (non-hydrogen) atoms. The molecule has 610 valence electrons. The molecular weight excluding hydrogens is 1440 g/mol. The zero-order valence-electron chi connectivity index (χ0n) is 56.0. The fourth-order valence-electron chi connectivity index (χ4n) is 13.4. The molecule has 0 bridgehead atoms. The summed E-state index contributed by atoms with van der Waals surface area (Å²) in [5.41, 5.74) is 0. The highest BCUT2D eigenvalue weighted by Crippen LogP contribution is 2.39. The molecule has 9 aliphatic rings. The van der Waals surface area contributed by atoms with E-state index in [0.717, 1.165) is 13.8 Å². The van der Waals surface area contributed by atoms with Crippen molar-refractivity contribution in [2.45, 2.75) is 297 Å². The second-order valence-corrected chi connectivity index (χ2v) is 26.8. The average Bonchev–Trinajstić information content (AvgIpc) is 0.783. The monoisotopic (exact) mass is 1540 g/mol. The molecule has 45 atom stereocenters. The van der Waals surface area contributed by atoms with Crippen LogP contribution < -0.4 is 10.6 Å². The van der Waals surface area contributed by atoms with Gasteiger partial charge >= 0.3 is 0 Å². The van der Waals surface area contributed by atoms with Gasteiger partial charge in [0.05, 0.1) is 59.0 Å². The van der Waals surface area contributed by atoms with Crippen molar-refractivity contribution >= 4 is 11.8 Å². The van der Waals surface area contributed by atoms with Crippen LogP contribution in [-0.2, 0) is 90.1 Å². The van der Waals surface area contributed by atoms with Crippen LogP contribution in [0.2, 0.25) is 0 Å². The highest BCUT2D eigenvalue weighted by atomic mass is 16.8. The Balaban J connectivity index is 1.04. The third-order valence-electron chi connectivity index (χ3n) is 19.5. The number of hydrogen-bond donors (Lipinski definition) is 28. The number of carbonyl (C=O) groups excluding carboxylic acids is 2. The van der Waals surface area contributed by atoms with Crippen molar-refractivity contribution < 1.29 is 223 Å². The molecule has 0 aromatic rings. The fourth-order valence-corrected chi connectivity index (χ4v) is 13.4. The lowest BCUT2D eigenvalue weighted by Crippen LogP contribution is -2.70. The standard InChI is InChI=1S/C58H98N2O45/c1-12-25(68)34(77)39(82)52(92-12)91-11-22-46(32(75)23(50(88)93-22)59-13(2)66)101-51-24(60-14(3)67)33(76)45(19(8-65)98-51)102-57-44(87)48(104-58-49(38(81)29(72)18(7-64)97-58)105-56-42(85)37(80)28(71)17(6-63)96-56)31(74)21(100-57)10-90-54-43(86)47(103-55-41(84)36(79)27(70)16(5-62)95-55)30(73)20(99-54)9-89-53-40(83)35(78)26(69)15(4-61)94-53/h12,15-58,61-65,68-88H,4-11H2,1-3H3,(H,59,66)(H,60,67)/t12-,15+,16+,17+,18+,19+,20+,21+,22+,23+,24+,25+,26+,27+,28+,29+,30+,31+,32+,33+,34+,35-,36-,37-,38-,39-,40-,41-,42-,43-,44-,45+,46+,47-,48-,49-,50+,51-,52+,53-,54-,55+,56+,57-,58+/m0/s1. The third-order valence-corrected chi connectivity index (χ3v) is 19.5. The van der Waals surface area contributed by atoms with Gasteiger partial charge in [-0.1, -0.05) is 0 Å². The van der Waals surface area contributed by atoms with Gasteiger partial charge in [0.2, 0.25) is 11.8 Å². The van der Waals surface area contributed by atoms with Crippen molar-refractivity contribution in [3.05, 3.63) is 0 Å². The van der Waals surface area contributed by atoms with E-state index in [1.165, 1.54) is 6.92 Å². The van der Waals surface area contributed by atoms with E-state index in [4.69, 9.17) is 80.5 Å². The lowest BCUT2D eigenvalue weighted by molar-refractivity contribution is -0.399. The predicted octanol–water partition coefficient (Wildman–Crippen LogP) is -19.3. The first-order valence-corrected chi connectivity index (χ1v) is 33.5. The Bertz CT molecular complexity index is 2690. The maximum atomic E-state index is 13.1. The van der Waals surface area contributed by atoms with Gasteiger partial charge in [-0.3, -0.25) is 9.59 Å². The lowest BCUT2D eigenvalue weighted by Gasteiger charge is -2.51. The Morgan fingerprint density at radius 2 is 0.571 bits per heavy atom. The van der Waals surface area contributed by atoms with Gasteiger partial charge in [0.25, 0.3) is 0 Å². The van der Waals surface area contributed by atoms with Gasteiger partial charge in [0, 0.05) is 13.8 Å². The number of ether oxygens (including phenoxy) is 17. The van der Waals surface area contributed by atoms with Crippen LogP contribution >= 0.6 is 0 Å². The predicted molar refractivity (Wildman–Crippen MR) is 319 cm³/mol. The number of carbonyl (C=O) groups is 2. The number of aliphatic hydroxyl groups excluding tert-OH is 26. The molecule has 0 unspecified atom stereocenters. The maximum absolute atomic E-state index is 13.1. The third kappa shape index (κ3) is 18.8. The minimum atomic E-state index is -2.54. The molecule has 9 fully saturated rings. The normalized spacial score (nSPS) is 51.5. The molecule has 0 saturated carbocycles. The topological polar surface area (TPSA) is 741 Å². The molecule has 9 aliphatic heterocycles. The molecule has 47 nitrogen and oxygen atoms in total. The number of aliphatic hydroxyl groups is 26. The Labute approximate surface area is 593 Å². The summed E-state index contributed by atoms with van der Waals surface area (Å²) >= 11 is 0. The average molecular weight is 1540 g/mol. The first-order valence-electron chi connectivity index (χ1n) is 33.5. The fraction of sp³-hybridized carbons (Fsp3) is 0.966. The Morgan fingerprint density at radius 1 is 0.267 bits per heavy atom. The number of rotatable bonds is 26. The van der Waals surface area contributed by atoms with E-state index in [1.54, 1.807) is 0 Å². The first kappa shape index (κ1) is 86.2. The van der Waals surface area contributed by atoms with Crippen LogP contribution in [0.5, 0.6) is 0 Å². The van der Waals surface area contributed by atoms with Crippen LogP contribution in [0.4, 0.5) is 0 Å². The van der Waals surface area contributed by atoms with Crippen LogP contribution in [0.1, 0.15) is 20.8 Å². The summed E-state index contributed by atoms with van der Waals surface area (Å²) in [4.78, 5) is 25.5. The van der Waals surface area contributed by atoms with Crippen molar-refractivity contribution in [3.63, 3.8) is 0 Å². The van der Waals surface area contributed by atoms with Crippen molar-refractivity contribution in [2.75, 3.05) is 52.9 Å². The summed E-state index contributed by atoms with van der Waals surface area (Å²) in [6, 6.07) is -3.70. The van der Waals surface area contributed by atoms with E-state index in [2.05, 4.69) is 10.6 Å².